The molecule has 1 unspecified atom stereocenters. The summed E-state index contributed by atoms with van der Waals surface area (Å²) in [6, 6.07) is 1.75. The van der Waals surface area contributed by atoms with Crippen LogP contribution in [0.5, 0.6) is 11.5 Å². The van der Waals surface area contributed by atoms with E-state index in [0.29, 0.717) is 10.9 Å². The molecule has 1 heterocycles. The average Bonchev–Trinajstić information content (AvgIpc) is 2.40. The summed E-state index contributed by atoms with van der Waals surface area (Å²) in [5, 5.41) is 3.64. The summed E-state index contributed by atoms with van der Waals surface area (Å²) >= 11 is 6.05. The van der Waals surface area contributed by atoms with Crippen molar-refractivity contribution in [1.29, 1.82) is 0 Å². The second-order valence-corrected chi connectivity index (χ2v) is 5.22. The first-order valence-electron chi connectivity index (χ1n) is 6.47. The van der Waals surface area contributed by atoms with Gasteiger partial charge in [-0.1, -0.05) is 11.6 Å². The van der Waals surface area contributed by atoms with Gasteiger partial charge >= 0.3 is 0 Å². The van der Waals surface area contributed by atoms with Crippen molar-refractivity contribution in [3.63, 3.8) is 0 Å². The van der Waals surface area contributed by atoms with Gasteiger partial charge in [0.2, 0.25) is 5.82 Å². The Morgan fingerprint density at radius 1 is 1.37 bits per heavy atom. The van der Waals surface area contributed by atoms with Crippen molar-refractivity contribution in [3.8, 4) is 11.5 Å². The van der Waals surface area contributed by atoms with Crippen molar-refractivity contribution in [2.45, 2.75) is 19.3 Å². The lowest BCUT2D eigenvalue weighted by Gasteiger charge is -2.24. The molecule has 1 atom stereocenters. The number of hydrogen-bond donors (Lipinski definition) is 1. The van der Waals surface area contributed by atoms with E-state index < -0.39 is 5.82 Å². The highest BCUT2D eigenvalue weighted by atomic mass is 35.5. The Kier molecular flexibility index (Phi) is 4.88. The van der Waals surface area contributed by atoms with Crippen molar-refractivity contribution in [2.75, 3.05) is 27.3 Å². The van der Waals surface area contributed by atoms with Crippen LogP contribution in [-0.4, -0.2) is 27.3 Å². The van der Waals surface area contributed by atoms with E-state index in [1.54, 1.807) is 6.07 Å². The predicted molar refractivity (Wildman–Crippen MR) is 73.8 cm³/mol. The zero-order valence-corrected chi connectivity index (χ0v) is 12.0. The summed E-state index contributed by atoms with van der Waals surface area (Å²) in [4.78, 5) is 0. The molecule has 106 valence electrons. The van der Waals surface area contributed by atoms with Gasteiger partial charge in [0, 0.05) is 0 Å². The van der Waals surface area contributed by atoms with Crippen LogP contribution in [0.15, 0.2) is 6.07 Å². The molecular weight excluding hydrogens is 269 g/mol. The first kappa shape index (κ1) is 14.4. The number of halogens is 2. The number of rotatable bonds is 4. The number of ether oxygens (including phenoxy) is 2. The molecule has 19 heavy (non-hydrogen) atoms. The molecule has 1 fully saturated rings. The SMILES string of the molecule is COc1c(Cl)cc(CC2CCCNC2)c(OC)c1F. The molecule has 1 aromatic carbocycles. The molecule has 0 radical (unpaired) electrons. The van der Waals surface area contributed by atoms with Gasteiger partial charge in [0.1, 0.15) is 0 Å². The summed E-state index contributed by atoms with van der Waals surface area (Å²) in [7, 11) is 2.86. The Balaban J connectivity index is 2.28. The van der Waals surface area contributed by atoms with E-state index in [4.69, 9.17) is 21.1 Å². The van der Waals surface area contributed by atoms with Crippen LogP contribution in [0.4, 0.5) is 4.39 Å². The normalized spacial score (nSPS) is 19.3. The Labute approximate surface area is 118 Å². The molecule has 0 aliphatic carbocycles. The fourth-order valence-corrected chi connectivity index (χ4v) is 2.89. The molecule has 1 aliphatic heterocycles. The van der Waals surface area contributed by atoms with Gasteiger partial charge in [-0.2, -0.15) is 4.39 Å². The Morgan fingerprint density at radius 2 is 2.11 bits per heavy atom. The van der Waals surface area contributed by atoms with E-state index in [2.05, 4.69) is 5.32 Å². The van der Waals surface area contributed by atoms with Gasteiger partial charge in [0.05, 0.1) is 19.2 Å². The molecule has 1 aromatic rings. The molecule has 5 heteroatoms. The topological polar surface area (TPSA) is 30.5 Å². The van der Waals surface area contributed by atoms with Crippen LogP contribution in [0, 0.1) is 11.7 Å². The zero-order chi connectivity index (χ0) is 13.8. The highest BCUT2D eigenvalue weighted by Crippen LogP contribution is 2.38. The van der Waals surface area contributed by atoms with Gasteiger partial charge in [0.25, 0.3) is 0 Å². The van der Waals surface area contributed by atoms with Gasteiger partial charge in [-0.3, -0.25) is 0 Å². The summed E-state index contributed by atoms with van der Waals surface area (Å²) < 4.78 is 24.3. The van der Waals surface area contributed by atoms with Crippen molar-refractivity contribution >= 4 is 11.6 Å². The number of nitrogens with one attached hydrogen (secondary N) is 1. The second kappa shape index (κ2) is 6.44. The van der Waals surface area contributed by atoms with Gasteiger partial charge in [-0.15, -0.1) is 0 Å². The molecular formula is C14H19ClFNO2. The Hall–Kier alpha value is -1.00. The van der Waals surface area contributed by atoms with Gasteiger partial charge in [-0.05, 0) is 49.9 Å². The Bertz CT molecular complexity index is 448. The molecule has 0 spiro atoms. The third-order valence-corrected chi connectivity index (χ3v) is 3.80. The predicted octanol–water partition coefficient (Wildman–Crippen LogP) is 3.04. The minimum atomic E-state index is -0.517. The summed E-state index contributed by atoms with van der Waals surface area (Å²) in [5.74, 6) is 0.263. The highest BCUT2D eigenvalue weighted by molar-refractivity contribution is 6.32. The summed E-state index contributed by atoms with van der Waals surface area (Å²) in [6.45, 7) is 2.01. The smallest absolute Gasteiger partial charge is 0.208 e. The largest absolute Gasteiger partial charge is 0.493 e. The maximum atomic E-state index is 14.2. The minimum Gasteiger partial charge on any atom is -0.493 e. The molecule has 1 N–H and O–H groups in total. The number of benzene rings is 1. The van der Waals surface area contributed by atoms with Gasteiger partial charge in [-0.25, -0.2) is 0 Å². The maximum absolute atomic E-state index is 14.2. The van der Waals surface area contributed by atoms with E-state index >= 15 is 0 Å². The fraction of sp³-hybridized carbons (Fsp3) is 0.571. The van der Waals surface area contributed by atoms with Crippen molar-refractivity contribution < 1.29 is 13.9 Å². The summed E-state index contributed by atoms with van der Waals surface area (Å²) in [5.41, 5.74) is 0.805. The van der Waals surface area contributed by atoms with E-state index in [1.807, 2.05) is 0 Å². The van der Waals surface area contributed by atoms with Crippen LogP contribution in [-0.2, 0) is 6.42 Å². The minimum absolute atomic E-state index is 0.0454. The third kappa shape index (κ3) is 3.12. The van der Waals surface area contributed by atoms with E-state index in [-0.39, 0.29) is 11.5 Å². The Morgan fingerprint density at radius 3 is 2.68 bits per heavy atom. The fourth-order valence-electron chi connectivity index (χ4n) is 2.60. The van der Waals surface area contributed by atoms with Crippen LogP contribution >= 0.6 is 11.6 Å². The van der Waals surface area contributed by atoms with Crippen LogP contribution in [0.2, 0.25) is 5.02 Å². The first-order valence-corrected chi connectivity index (χ1v) is 6.84. The molecule has 1 saturated heterocycles. The number of piperidine rings is 1. The number of hydrogen-bond acceptors (Lipinski definition) is 3. The van der Waals surface area contributed by atoms with Crippen molar-refractivity contribution in [2.24, 2.45) is 5.92 Å². The van der Waals surface area contributed by atoms with E-state index in [9.17, 15) is 4.39 Å². The molecule has 2 rings (SSSR count). The quantitative estimate of drug-likeness (QED) is 0.923. The van der Waals surface area contributed by atoms with Crippen molar-refractivity contribution in [1.82, 2.24) is 5.32 Å². The first-order chi connectivity index (χ1) is 9.17. The van der Waals surface area contributed by atoms with Crippen LogP contribution in [0.3, 0.4) is 0 Å². The molecule has 0 amide bonds. The molecule has 0 aromatic heterocycles. The third-order valence-electron chi connectivity index (χ3n) is 3.52. The van der Waals surface area contributed by atoms with Crippen LogP contribution in [0.25, 0.3) is 0 Å². The molecule has 3 nitrogen and oxygen atoms in total. The van der Waals surface area contributed by atoms with Gasteiger partial charge < -0.3 is 14.8 Å². The molecule has 1 aliphatic rings. The van der Waals surface area contributed by atoms with E-state index in [1.165, 1.54) is 14.2 Å². The lowest BCUT2D eigenvalue weighted by Crippen LogP contribution is -2.31. The van der Waals surface area contributed by atoms with Crippen molar-refractivity contribution in [3.05, 3.63) is 22.5 Å². The molecule has 0 saturated carbocycles. The standard InChI is InChI=1S/C14H19ClFNO2/c1-18-13-10(6-9-4-3-5-17-8-9)7-11(15)14(19-2)12(13)16/h7,9,17H,3-6,8H2,1-2H3. The maximum Gasteiger partial charge on any atom is 0.208 e. The second-order valence-electron chi connectivity index (χ2n) is 4.81. The molecule has 0 bridgehead atoms. The number of methoxy groups -OCH3 is 2. The monoisotopic (exact) mass is 287 g/mol. The summed E-state index contributed by atoms with van der Waals surface area (Å²) in [6.07, 6.45) is 3.05. The van der Waals surface area contributed by atoms with Gasteiger partial charge in [0.15, 0.2) is 11.5 Å². The van der Waals surface area contributed by atoms with Crippen LogP contribution < -0.4 is 14.8 Å². The van der Waals surface area contributed by atoms with E-state index in [0.717, 1.165) is 37.9 Å². The highest BCUT2D eigenvalue weighted by Gasteiger charge is 2.22. The van der Waals surface area contributed by atoms with Crippen LogP contribution in [0.1, 0.15) is 18.4 Å². The lowest BCUT2D eigenvalue weighted by atomic mass is 9.92. The zero-order valence-electron chi connectivity index (χ0n) is 11.3. The lowest BCUT2D eigenvalue weighted by molar-refractivity contribution is 0.337. The average molecular weight is 288 g/mol.